The Labute approximate surface area is 138 Å². The van der Waals surface area contributed by atoms with Crippen molar-refractivity contribution in [3.63, 3.8) is 0 Å². The van der Waals surface area contributed by atoms with E-state index in [1.807, 2.05) is 19.1 Å². The highest BCUT2D eigenvalue weighted by atomic mass is 79.9. The molecule has 22 heavy (non-hydrogen) atoms. The number of hydrogen-bond donors (Lipinski definition) is 2. The summed E-state index contributed by atoms with van der Waals surface area (Å²) in [5.74, 6) is 0.561. The lowest BCUT2D eigenvalue weighted by molar-refractivity contribution is -0.121. The Morgan fingerprint density at radius 3 is 2.59 bits per heavy atom. The Bertz CT molecular complexity index is 589. The van der Waals surface area contributed by atoms with Gasteiger partial charge < -0.3 is 10.6 Å². The predicted molar refractivity (Wildman–Crippen MR) is 90.6 cm³/mol. The molecular formula is C16H19BrN4O. The van der Waals surface area contributed by atoms with E-state index in [0.29, 0.717) is 18.9 Å². The zero-order valence-electron chi connectivity index (χ0n) is 12.4. The van der Waals surface area contributed by atoms with Crippen LogP contribution in [0.4, 0.5) is 5.95 Å². The second-order valence-corrected chi connectivity index (χ2v) is 5.96. The summed E-state index contributed by atoms with van der Waals surface area (Å²) < 4.78 is 1.06. The Hall–Kier alpha value is -1.95. The molecule has 1 aromatic heterocycles. The number of nitrogens with one attached hydrogen (secondary N) is 2. The van der Waals surface area contributed by atoms with Crippen molar-refractivity contribution >= 4 is 27.8 Å². The predicted octanol–water partition coefficient (Wildman–Crippen LogP) is 2.79. The molecule has 5 nitrogen and oxygen atoms in total. The first-order valence-corrected chi connectivity index (χ1v) is 7.97. The second-order valence-electron chi connectivity index (χ2n) is 5.05. The highest BCUT2D eigenvalue weighted by Gasteiger charge is 2.08. The van der Waals surface area contributed by atoms with Gasteiger partial charge in [0.05, 0.1) is 0 Å². The molecule has 2 rings (SSSR count). The molecule has 0 spiro atoms. The number of benzene rings is 1. The van der Waals surface area contributed by atoms with Crippen molar-refractivity contribution in [2.24, 2.45) is 0 Å². The van der Waals surface area contributed by atoms with E-state index in [1.165, 1.54) is 5.56 Å². The van der Waals surface area contributed by atoms with E-state index < -0.39 is 0 Å². The Balaban J connectivity index is 1.68. The van der Waals surface area contributed by atoms with Crippen LogP contribution in [0.3, 0.4) is 0 Å². The van der Waals surface area contributed by atoms with E-state index in [9.17, 15) is 4.79 Å². The normalized spacial score (nSPS) is 11.7. The standard InChI is InChI=1S/C16H19BrN4O/c1-12(11-13-3-5-14(17)6-4-13)21-15(22)7-10-20-16-18-8-2-9-19-16/h2-6,8-9,12H,7,10-11H2,1H3,(H,21,22)(H,18,19,20). The summed E-state index contributed by atoms with van der Waals surface area (Å²) in [5, 5.41) is 6.01. The highest BCUT2D eigenvalue weighted by Crippen LogP contribution is 2.11. The van der Waals surface area contributed by atoms with Crippen LogP contribution in [0, 0.1) is 0 Å². The third-order valence-corrected chi connectivity index (χ3v) is 3.59. The van der Waals surface area contributed by atoms with Crippen molar-refractivity contribution in [2.75, 3.05) is 11.9 Å². The zero-order chi connectivity index (χ0) is 15.8. The van der Waals surface area contributed by atoms with Gasteiger partial charge in [0, 0.05) is 35.9 Å². The van der Waals surface area contributed by atoms with Crippen molar-refractivity contribution in [2.45, 2.75) is 25.8 Å². The molecule has 0 saturated carbocycles. The van der Waals surface area contributed by atoms with Gasteiger partial charge in [0.15, 0.2) is 0 Å². The molecule has 0 aliphatic heterocycles. The van der Waals surface area contributed by atoms with Gasteiger partial charge in [-0.25, -0.2) is 9.97 Å². The fraction of sp³-hybridized carbons (Fsp3) is 0.312. The monoisotopic (exact) mass is 362 g/mol. The van der Waals surface area contributed by atoms with Crippen LogP contribution < -0.4 is 10.6 Å². The van der Waals surface area contributed by atoms with Gasteiger partial charge in [-0.1, -0.05) is 28.1 Å². The molecule has 1 amide bonds. The lowest BCUT2D eigenvalue weighted by atomic mass is 10.1. The molecule has 116 valence electrons. The maximum Gasteiger partial charge on any atom is 0.222 e. The molecule has 1 heterocycles. The number of hydrogen-bond acceptors (Lipinski definition) is 4. The molecule has 0 bridgehead atoms. The number of carbonyl (C=O) groups excluding carboxylic acids is 1. The van der Waals surface area contributed by atoms with E-state index in [0.717, 1.165) is 10.9 Å². The maximum absolute atomic E-state index is 11.9. The quantitative estimate of drug-likeness (QED) is 0.794. The lowest BCUT2D eigenvalue weighted by Crippen LogP contribution is -2.35. The van der Waals surface area contributed by atoms with E-state index in [1.54, 1.807) is 18.5 Å². The van der Waals surface area contributed by atoms with Crippen molar-refractivity contribution in [3.05, 3.63) is 52.8 Å². The van der Waals surface area contributed by atoms with E-state index >= 15 is 0 Å². The fourth-order valence-corrected chi connectivity index (χ4v) is 2.31. The highest BCUT2D eigenvalue weighted by molar-refractivity contribution is 9.10. The lowest BCUT2D eigenvalue weighted by Gasteiger charge is -2.14. The number of nitrogens with zero attached hydrogens (tertiary/aromatic N) is 2. The zero-order valence-corrected chi connectivity index (χ0v) is 14.0. The molecule has 0 fully saturated rings. The third-order valence-electron chi connectivity index (χ3n) is 3.06. The fourth-order valence-electron chi connectivity index (χ4n) is 2.05. The van der Waals surface area contributed by atoms with E-state index in [2.05, 4.69) is 48.7 Å². The number of halogens is 1. The van der Waals surface area contributed by atoms with E-state index in [-0.39, 0.29) is 11.9 Å². The van der Waals surface area contributed by atoms with Gasteiger partial charge in [-0.05, 0) is 37.1 Å². The molecule has 6 heteroatoms. The topological polar surface area (TPSA) is 66.9 Å². The van der Waals surface area contributed by atoms with Crippen molar-refractivity contribution < 1.29 is 4.79 Å². The molecule has 0 aliphatic rings. The summed E-state index contributed by atoms with van der Waals surface area (Å²) >= 11 is 3.41. The summed E-state index contributed by atoms with van der Waals surface area (Å²) in [4.78, 5) is 20.0. The molecule has 2 N–H and O–H groups in total. The first-order valence-electron chi connectivity index (χ1n) is 7.18. The van der Waals surface area contributed by atoms with Crippen molar-refractivity contribution in [1.82, 2.24) is 15.3 Å². The average molecular weight is 363 g/mol. The summed E-state index contributed by atoms with van der Waals surface area (Å²) in [5.41, 5.74) is 1.20. The molecule has 0 radical (unpaired) electrons. The SMILES string of the molecule is CC(Cc1ccc(Br)cc1)NC(=O)CCNc1ncccn1. The maximum atomic E-state index is 11.9. The van der Waals surface area contributed by atoms with Crippen molar-refractivity contribution in [3.8, 4) is 0 Å². The minimum Gasteiger partial charge on any atom is -0.354 e. The minimum absolute atomic E-state index is 0.0213. The van der Waals surface area contributed by atoms with E-state index in [4.69, 9.17) is 0 Å². The number of aromatic nitrogens is 2. The van der Waals surface area contributed by atoms with Gasteiger partial charge in [-0.3, -0.25) is 4.79 Å². The number of rotatable bonds is 7. The Morgan fingerprint density at radius 1 is 1.23 bits per heavy atom. The first kappa shape index (κ1) is 16.4. The third kappa shape index (κ3) is 5.81. The molecule has 2 aromatic rings. The number of amides is 1. The molecule has 1 aromatic carbocycles. The number of anilines is 1. The second kappa shape index (κ2) is 8.48. The van der Waals surface area contributed by atoms with Gasteiger partial charge in [-0.2, -0.15) is 0 Å². The van der Waals surface area contributed by atoms with Crippen molar-refractivity contribution in [1.29, 1.82) is 0 Å². The largest absolute Gasteiger partial charge is 0.354 e. The Kier molecular flexibility index (Phi) is 6.33. The summed E-state index contributed by atoms with van der Waals surface area (Å²) in [7, 11) is 0. The smallest absolute Gasteiger partial charge is 0.222 e. The van der Waals surface area contributed by atoms with Crippen LogP contribution in [0.15, 0.2) is 47.2 Å². The van der Waals surface area contributed by atoms with Crippen LogP contribution in [0.1, 0.15) is 18.9 Å². The average Bonchev–Trinajstić information content (AvgIpc) is 2.50. The van der Waals surface area contributed by atoms with Gasteiger partial charge in [-0.15, -0.1) is 0 Å². The van der Waals surface area contributed by atoms with Crippen LogP contribution in [0.2, 0.25) is 0 Å². The van der Waals surface area contributed by atoms with Crippen LogP contribution in [0.5, 0.6) is 0 Å². The van der Waals surface area contributed by atoms with Crippen LogP contribution in [0.25, 0.3) is 0 Å². The minimum atomic E-state index is 0.0213. The molecule has 1 unspecified atom stereocenters. The molecule has 1 atom stereocenters. The first-order chi connectivity index (χ1) is 10.6. The van der Waals surface area contributed by atoms with Gasteiger partial charge in [0.2, 0.25) is 11.9 Å². The van der Waals surface area contributed by atoms with Gasteiger partial charge in [0.25, 0.3) is 0 Å². The molecule has 0 saturated heterocycles. The molecular weight excluding hydrogens is 344 g/mol. The summed E-state index contributed by atoms with van der Waals surface area (Å²) in [6, 6.07) is 9.98. The summed E-state index contributed by atoms with van der Waals surface area (Å²) in [6.07, 6.45) is 4.53. The van der Waals surface area contributed by atoms with Crippen LogP contribution >= 0.6 is 15.9 Å². The molecule has 0 aliphatic carbocycles. The van der Waals surface area contributed by atoms with Crippen LogP contribution in [-0.4, -0.2) is 28.5 Å². The van der Waals surface area contributed by atoms with Crippen LogP contribution in [-0.2, 0) is 11.2 Å². The summed E-state index contributed by atoms with van der Waals surface area (Å²) in [6.45, 7) is 2.52. The Morgan fingerprint density at radius 2 is 1.91 bits per heavy atom. The number of carbonyl (C=O) groups is 1. The van der Waals surface area contributed by atoms with Gasteiger partial charge in [0.1, 0.15) is 0 Å². The van der Waals surface area contributed by atoms with Gasteiger partial charge >= 0.3 is 0 Å².